The van der Waals surface area contributed by atoms with E-state index in [4.69, 9.17) is 0 Å². The predicted octanol–water partition coefficient (Wildman–Crippen LogP) is 3.40. The first-order valence-electron chi connectivity index (χ1n) is 9.28. The van der Waals surface area contributed by atoms with Crippen LogP contribution in [0.5, 0.6) is 0 Å². The SMILES string of the molecule is CCC(C)[NH][Zr]([NH]C(C)CC)([NH]C(C)CC)([GeH2][F])[C]1=CC=CC1. The fourth-order valence-electron chi connectivity index (χ4n) is 3.40. The molecule has 0 heterocycles. The number of nitrogens with one attached hydrogen (secondary N) is 3. The molecule has 1 aliphatic rings. The van der Waals surface area contributed by atoms with Gasteiger partial charge in [0.25, 0.3) is 0 Å². The van der Waals surface area contributed by atoms with E-state index in [0.29, 0.717) is 18.1 Å². The van der Waals surface area contributed by atoms with Crippen LogP contribution in [-0.2, 0) is 17.1 Å². The number of allylic oxidation sites excluding steroid dienone is 4. The van der Waals surface area contributed by atoms with Crippen LogP contribution in [0.25, 0.3) is 0 Å². The molecule has 0 aromatic heterocycles. The van der Waals surface area contributed by atoms with Gasteiger partial charge in [0.15, 0.2) is 0 Å². The molecule has 23 heavy (non-hydrogen) atoms. The van der Waals surface area contributed by atoms with E-state index < -0.39 is 29.3 Å². The Kier molecular flexibility index (Phi) is 8.91. The summed E-state index contributed by atoms with van der Waals surface area (Å²) in [6.07, 6.45) is 10.4. The van der Waals surface area contributed by atoms with E-state index in [2.05, 4.69) is 69.6 Å². The molecule has 3 atom stereocenters. The third-order valence-corrected chi connectivity index (χ3v) is 39.2. The molecule has 3 N–H and O–H groups in total. The molecule has 0 aliphatic heterocycles. The summed E-state index contributed by atoms with van der Waals surface area (Å²) in [5.74, 6) is 0. The van der Waals surface area contributed by atoms with Gasteiger partial charge in [-0.15, -0.1) is 0 Å². The summed E-state index contributed by atoms with van der Waals surface area (Å²) >= 11 is -6.51. The van der Waals surface area contributed by atoms with Crippen LogP contribution in [0.1, 0.15) is 67.2 Å². The molecule has 1 aliphatic carbocycles. The third-order valence-electron chi connectivity index (χ3n) is 5.28. The fraction of sp³-hybridized carbons (Fsp3) is 0.765. The monoisotopic (exact) mass is 466 g/mol. The van der Waals surface area contributed by atoms with Crippen molar-refractivity contribution in [1.82, 2.24) is 9.78 Å². The molecule has 3 unspecified atom stereocenters. The van der Waals surface area contributed by atoms with Crippen LogP contribution < -0.4 is 9.78 Å². The molecule has 0 amide bonds. The Morgan fingerprint density at radius 1 is 1.00 bits per heavy atom. The van der Waals surface area contributed by atoms with Gasteiger partial charge in [0.1, 0.15) is 0 Å². The van der Waals surface area contributed by atoms with Crippen molar-refractivity contribution in [3.05, 3.63) is 21.5 Å². The topological polar surface area (TPSA) is 36.1 Å². The molecule has 135 valence electrons. The van der Waals surface area contributed by atoms with Crippen LogP contribution in [0.2, 0.25) is 0 Å². The van der Waals surface area contributed by atoms with Crippen molar-refractivity contribution < 1.29 is 20.6 Å². The zero-order valence-electron chi connectivity index (χ0n) is 15.9. The van der Waals surface area contributed by atoms with E-state index >= 15 is 3.50 Å². The summed E-state index contributed by atoms with van der Waals surface area (Å²) in [5, 5.41) is 0. The Labute approximate surface area is 148 Å². The maximum atomic E-state index is 15.1. The van der Waals surface area contributed by atoms with Crippen molar-refractivity contribution in [2.75, 3.05) is 0 Å². The molecule has 6 heteroatoms. The van der Waals surface area contributed by atoms with Crippen molar-refractivity contribution >= 4 is 12.1 Å². The van der Waals surface area contributed by atoms with Crippen molar-refractivity contribution in [3.8, 4) is 0 Å². The summed E-state index contributed by atoms with van der Waals surface area (Å²) in [6.45, 7) is 13.1. The van der Waals surface area contributed by atoms with Crippen molar-refractivity contribution in [2.24, 2.45) is 0 Å². The number of hydrogen-bond donors (Lipinski definition) is 3. The van der Waals surface area contributed by atoms with Crippen LogP contribution in [-0.4, -0.2) is 30.2 Å². The Hall–Kier alpha value is 0.716. The first kappa shape index (κ1) is 21.8. The molecule has 0 aromatic carbocycles. The van der Waals surface area contributed by atoms with Gasteiger partial charge in [-0.25, -0.2) is 0 Å². The second kappa shape index (κ2) is 9.42. The van der Waals surface area contributed by atoms with Crippen LogP contribution in [0.3, 0.4) is 0 Å². The maximum absolute atomic E-state index is 15.1. The molecule has 0 radical (unpaired) electrons. The molecule has 0 saturated heterocycles. The summed E-state index contributed by atoms with van der Waals surface area (Å²) in [7, 11) is 0. The minimum absolute atomic E-state index is 0.330. The second-order valence-electron chi connectivity index (χ2n) is 7.28. The van der Waals surface area contributed by atoms with Gasteiger partial charge in [-0.1, -0.05) is 0 Å². The number of hydrogen-bond acceptors (Lipinski definition) is 3. The minimum atomic E-state index is -4.19. The van der Waals surface area contributed by atoms with Gasteiger partial charge in [-0.05, 0) is 0 Å². The van der Waals surface area contributed by atoms with Gasteiger partial charge in [-0.2, -0.15) is 0 Å². The van der Waals surface area contributed by atoms with Crippen molar-refractivity contribution in [3.63, 3.8) is 0 Å². The second-order valence-corrected chi connectivity index (χ2v) is 39.7. The predicted molar refractivity (Wildman–Crippen MR) is 100 cm³/mol. The van der Waals surface area contributed by atoms with Gasteiger partial charge in [0.2, 0.25) is 0 Å². The first-order chi connectivity index (χ1) is 10.8. The molecule has 0 bridgehead atoms. The third kappa shape index (κ3) is 5.10. The molecular formula is C17H37FGeN3Zr. The summed E-state index contributed by atoms with van der Waals surface area (Å²) in [4.78, 5) is 0. The van der Waals surface area contributed by atoms with Gasteiger partial charge < -0.3 is 0 Å². The van der Waals surface area contributed by atoms with E-state index in [0.717, 1.165) is 25.7 Å². The van der Waals surface area contributed by atoms with E-state index in [1.807, 2.05) is 0 Å². The molecule has 0 aromatic rings. The number of rotatable bonds is 11. The average molecular weight is 466 g/mol. The molecule has 3 nitrogen and oxygen atoms in total. The van der Waals surface area contributed by atoms with E-state index in [1.54, 1.807) is 0 Å². The Bertz CT molecular complexity index is 408. The van der Waals surface area contributed by atoms with Gasteiger partial charge >= 0.3 is 149 Å². The van der Waals surface area contributed by atoms with Crippen molar-refractivity contribution in [1.29, 1.82) is 0 Å². The standard InChI is InChI=1S/C5H5.3C4H10N.FGeH2.Zr/c1-2-4-5-3-1;3*1-3-4(2)5;1-2;/h1-3H,4H2;3*4-5H,3H2,1-2H3;2H2;/q;3*-1;;+3. The van der Waals surface area contributed by atoms with Crippen LogP contribution >= 0.6 is 0 Å². The summed E-state index contributed by atoms with van der Waals surface area (Å²) < 4.78 is 28.2. The first-order valence-corrected chi connectivity index (χ1v) is 25.8. The average Bonchev–Trinajstić information content (AvgIpc) is 3.10. The van der Waals surface area contributed by atoms with E-state index in [-0.39, 0.29) is 0 Å². The van der Waals surface area contributed by atoms with Crippen LogP contribution in [0.15, 0.2) is 21.5 Å². The van der Waals surface area contributed by atoms with Gasteiger partial charge in [-0.3, -0.25) is 0 Å². The van der Waals surface area contributed by atoms with Gasteiger partial charge in [0.05, 0.1) is 0 Å². The van der Waals surface area contributed by atoms with Gasteiger partial charge in [0, 0.05) is 0 Å². The molecule has 0 saturated carbocycles. The van der Waals surface area contributed by atoms with Crippen LogP contribution in [0, 0.1) is 0 Å². The normalized spacial score (nSPS) is 21.2. The quantitative estimate of drug-likeness (QED) is 0.409. The Morgan fingerprint density at radius 2 is 1.43 bits per heavy atom. The summed E-state index contributed by atoms with van der Waals surface area (Å²) in [6, 6.07) is 0.991. The zero-order chi connectivity index (χ0) is 17.5. The van der Waals surface area contributed by atoms with Crippen LogP contribution in [0.4, 0.5) is 3.50 Å². The molecular weight excluding hydrogens is 429 g/mol. The Balaban J connectivity index is 3.40. The molecule has 0 spiro atoms. The van der Waals surface area contributed by atoms with Crippen molar-refractivity contribution in [2.45, 2.75) is 85.4 Å². The zero-order valence-corrected chi connectivity index (χ0v) is 21.3. The molecule has 1 rings (SSSR count). The Morgan fingerprint density at radius 3 is 1.70 bits per heavy atom. The fourth-order valence-corrected chi connectivity index (χ4v) is 39.7. The van der Waals surface area contributed by atoms with E-state index in [1.165, 1.54) is 3.28 Å². The van der Waals surface area contributed by atoms with E-state index in [9.17, 15) is 0 Å². The molecule has 0 fully saturated rings. The number of halogens is 1. The summed E-state index contributed by atoms with van der Waals surface area (Å²) in [5.41, 5.74) is 0.